The van der Waals surface area contributed by atoms with Gasteiger partial charge in [-0.25, -0.2) is 17.5 Å². The van der Waals surface area contributed by atoms with Gasteiger partial charge in [-0.1, -0.05) is 19.9 Å². The van der Waals surface area contributed by atoms with Gasteiger partial charge in [0.25, 0.3) is 0 Å². The molecule has 0 aromatic heterocycles. The van der Waals surface area contributed by atoms with E-state index < -0.39 is 15.8 Å². The quantitative estimate of drug-likeness (QED) is 0.854. The third-order valence-electron chi connectivity index (χ3n) is 3.79. The number of morpholine rings is 1. The maximum absolute atomic E-state index is 13.3. The first-order valence-electron chi connectivity index (χ1n) is 7.87. The Morgan fingerprint density at radius 1 is 1.43 bits per heavy atom. The Balaban J connectivity index is 1.97. The summed E-state index contributed by atoms with van der Waals surface area (Å²) in [6, 6.07) is 3.76. The number of nitrogens with one attached hydrogen (secondary N) is 1. The lowest BCUT2D eigenvalue weighted by Crippen LogP contribution is -2.48. The average molecular weight is 344 g/mol. The third kappa shape index (κ3) is 5.24. The number of aryl methyl sites for hydroxylation is 1. The van der Waals surface area contributed by atoms with Crippen LogP contribution in [0, 0.1) is 18.7 Å². The van der Waals surface area contributed by atoms with Crippen LogP contribution in [0.25, 0.3) is 0 Å². The molecule has 2 rings (SSSR count). The summed E-state index contributed by atoms with van der Waals surface area (Å²) in [5.41, 5.74) is 0.518. The van der Waals surface area contributed by atoms with Gasteiger partial charge in [0.05, 0.1) is 17.6 Å². The van der Waals surface area contributed by atoms with Crippen LogP contribution in [0.3, 0.4) is 0 Å². The van der Waals surface area contributed by atoms with Crippen LogP contribution in [0.5, 0.6) is 0 Å². The van der Waals surface area contributed by atoms with E-state index in [0.29, 0.717) is 24.6 Å². The summed E-state index contributed by atoms with van der Waals surface area (Å²) in [7, 11) is -3.74. The Labute approximate surface area is 137 Å². The van der Waals surface area contributed by atoms with Crippen LogP contribution in [0.1, 0.15) is 19.4 Å². The van der Waals surface area contributed by atoms with Gasteiger partial charge in [0, 0.05) is 26.2 Å². The molecule has 0 bridgehead atoms. The summed E-state index contributed by atoms with van der Waals surface area (Å²) in [5, 5.41) is 0. The topological polar surface area (TPSA) is 58.6 Å². The lowest BCUT2D eigenvalue weighted by molar-refractivity contribution is -0.0280. The van der Waals surface area contributed by atoms with Crippen molar-refractivity contribution >= 4 is 10.0 Å². The Kier molecular flexibility index (Phi) is 6.13. The molecule has 1 heterocycles. The number of ether oxygens (including phenoxy) is 1. The van der Waals surface area contributed by atoms with Crippen LogP contribution >= 0.6 is 0 Å². The predicted molar refractivity (Wildman–Crippen MR) is 87.3 cm³/mol. The van der Waals surface area contributed by atoms with E-state index in [9.17, 15) is 12.8 Å². The fourth-order valence-corrected chi connectivity index (χ4v) is 4.05. The lowest BCUT2D eigenvalue weighted by Gasteiger charge is -2.33. The molecule has 23 heavy (non-hydrogen) atoms. The van der Waals surface area contributed by atoms with E-state index in [2.05, 4.69) is 23.5 Å². The Morgan fingerprint density at radius 2 is 2.17 bits per heavy atom. The fraction of sp³-hybridized carbons (Fsp3) is 0.625. The van der Waals surface area contributed by atoms with Crippen molar-refractivity contribution in [3.63, 3.8) is 0 Å². The summed E-state index contributed by atoms with van der Waals surface area (Å²) in [6.45, 7) is 9.27. The highest BCUT2D eigenvalue weighted by molar-refractivity contribution is 7.89. The minimum absolute atomic E-state index is 0.0210. The number of rotatable bonds is 6. The maximum Gasteiger partial charge on any atom is 0.241 e. The second kappa shape index (κ2) is 7.70. The Bertz CT molecular complexity index is 634. The molecule has 0 radical (unpaired) electrons. The minimum Gasteiger partial charge on any atom is -0.374 e. The van der Waals surface area contributed by atoms with Gasteiger partial charge in [0.15, 0.2) is 0 Å². The first-order valence-corrected chi connectivity index (χ1v) is 9.36. The lowest BCUT2D eigenvalue weighted by atomic mass is 10.2. The van der Waals surface area contributed by atoms with Crippen LogP contribution in [-0.4, -0.2) is 52.2 Å². The number of nitrogens with zero attached hydrogens (tertiary/aromatic N) is 1. The van der Waals surface area contributed by atoms with Crippen molar-refractivity contribution in [2.24, 2.45) is 5.92 Å². The summed E-state index contributed by atoms with van der Waals surface area (Å²) in [5.74, 6) is -0.00612. The van der Waals surface area contributed by atoms with E-state index in [1.807, 2.05) is 0 Å². The molecule has 0 saturated carbocycles. The van der Waals surface area contributed by atoms with Crippen LogP contribution < -0.4 is 4.72 Å². The number of benzene rings is 1. The average Bonchev–Trinajstić information content (AvgIpc) is 2.47. The molecule has 1 aromatic rings. The molecule has 0 aliphatic carbocycles. The third-order valence-corrected chi connectivity index (χ3v) is 5.35. The smallest absolute Gasteiger partial charge is 0.241 e. The van der Waals surface area contributed by atoms with Gasteiger partial charge in [0.2, 0.25) is 10.0 Å². The second-order valence-electron chi connectivity index (χ2n) is 6.41. The summed E-state index contributed by atoms with van der Waals surface area (Å²) in [6.07, 6.45) is -0.189. The van der Waals surface area contributed by atoms with Crippen LogP contribution in [0.15, 0.2) is 23.1 Å². The molecule has 0 amide bonds. The van der Waals surface area contributed by atoms with E-state index in [1.54, 1.807) is 6.92 Å². The van der Waals surface area contributed by atoms with Crippen LogP contribution in [0.4, 0.5) is 4.39 Å². The van der Waals surface area contributed by atoms with E-state index in [0.717, 1.165) is 19.2 Å². The van der Waals surface area contributed by atoms with Gasteiger partial charge >= 0.3 is 0 Å². The molecule has 0 unspecified atom stereocenters. The first kappa shape index (κ1) is 18.3. The van der Waals surface area contributed by atoms with Crippen molar-refractivity contribution < 1.29 is 17.5 Å². The fourth-order valence-electron chi connectivity index (χ4n) is 2.73. The molecule has 1 saturated heterocycles. The van der Waals surface area contributed by atoms with Crippen LogP contribution in [-0.2, 0) is 14.8 Å². The molecular formula is C16H25FN2O3S. The molecule has 1 aliphatic heterocycles. The molecule has 1 N–H and O–H groups in total. The van der Waals surface area contributed by atoms with Crippen molar-refractivity contribution in [1.82, 2.24) is 9.62 Å². The molecule has 1 atom stereocenters. The highest BCUT2D eigenvalue weighted by Crippen LogP contribution is 2.16. The number of halogens is 1. The number of sulfonamides is 1. The summed E-state index contributed by atoms with van der Waals surface area (Å²) >= 11 is 0. The van der Waals surface area contributed by atoms with Crippen molar-refractivity contribution in [2.45, 2.75) is 31.8 Å². The molecule has 130 valence electrons. The molecular weight excluding hydrogens is 319 g/mol. The first-order chi connectivity index (χ1) is 10.8. The monoisotopic (exact) mass is 344 g/mol. The standard InChI is InChI=1S/C16H25FN2O3S/c1-12(2)10-19-6-7-22-15(11-19)9-18-23(20,21)16-8-14(17)5-4-13(16)3/h4-5,8,12,15,18H,6-7,9-11H2,1-3H3/t15-/m1/s1. The van der Waals surface area contributed by atoms with Crippen molar-refractivity contribution in [3.05, 3.63) is 29.6 Å². The zero-order chi connectivity index (χ0) is 17.0. The van der Waals surface area contributed by atoms with Crippen molar-refractivity contribution in [2.75, 3.05) is 32.8 Å². The number of hydrogen-bond donors (Lipinski definition) is 1. The molecule has 1 aromatic carbocycles. The van der Waals surface area contributed by atoms with Gasteiger partial charge < -0.3 is 4.74 Å². The van der Waals surface area contributed by atoms with Crippen molar-refractivity contribution in [3.8, 4) is 0 Å². The van der Waals surface area contributed by atoms with E-state index in [1.165, 1.54) is 12.1 Å². The molecule has 1 fully saturated rings. The number of hydrogen-bond acceptors (Lipinski definition) is 4. The Hall–Kier alpha value is -1.02. The highest BCUT2D eigenvalue weighted by Gasteiger charge is 2.24. The molecule has 1 aliphatic rings. The van der Waals surface area contributed by atoms with Crippen LogP contribution in [0.2, 0.25) is 0 Å². The van der Waals surface area contributed by atoms with Gasteiger partial charge in [0.1, 0.15) is 5.82 Å². The molecule has 5 nitrogen and oxygen atoms in total. The van der Waals surface area contributed by atoms with Crippen molar-refractivity contribution in [1.29, 1.82) is 0 Å². The van der Waals surface area contributed by atoms with E-state index in [4.69, 9.17) is 4.74 Å². The SMILES string of the molecule is Cc1ccc(F)cc1S(=O)(=O)NC[C@@H]1CN(CC(C)C)CCO1. The largest absolute Gasteiger partial charge is 0.374 e. The second-order valence-corrected chi connectivity index (χ2v) is 8.14. The minimum atomic E-state index is -3.74. The van der Waals surface area contributed by atoms with Gasteiger partial charge in [-0.3, -0.25) is 4.90 Å². The molecule has 0 spiro atoms. The van der Waals surface area contributed by atoms with Gasteiger partial charge in [-0.15, -0.1) is 0 Å². The van der Waals surface area contributed by atoms with Gasteiger partial charge in [-0.05, 0) is 30.5 Å². The molecule has 7 heteroatoms. The van der Waals surface area contributed by atoms with E-state index >= 15 is 0 Å². The zero-order valence-corrected chi connectivity index (χ0v) is 14.7. The van der Waals surface area contributed by atoms with Gasteiger partial charge in [-0.2, -0.15) is 0 Å². The highest BCUT2D eigenvalue weighted by atomic mass is 32.2. The normalized spacial score (nSPS) is 20.1. The Morgan fingerprint density at radius 3 is 2.87 bits per heavy atom. The summed E-state index contributed by atoms with van der Waals surface area (Å²) in [4.78, 5) is 2.26. The predicted octanol–water partition coefficient (Wildman–Crippen LogP) is 1.77. The maximum atomic E-state index is 13.3. The zero-order valence-electron chi connectivity index (χ0n) is 13.9. The summed E-state index contributed by atoms with van der Waals surface area (Å²) < 4.78 is 46.2. The van der Waals surface area contributed by atoms with E-state index in [-0.39, 0.29) is 17.5 Å².